The van der Waals surface area contributed by atoms with E-state index in [1.807, 2.05) is 6.07 Å². The third kappa shape index (κ3) is 4.83. The van der Waals surface area contributed by atoms with E-state index in [4.69, 9.17) is 4.74 Å². The van der Waals surface area contributed by atoms with Crippen LogP contribution in [0.15, 0.2) is 59.5 Å². The Bertz CT molecular complexity index is 1410. The van der Waals surface area contributed by atoms with Gasteiger partial charge >= 0.3 is 0 Å². The number of carbonyl (C=O) groups excluding carboxylic acids is 2. The second kappa shape index (κ2) is 10.1. The summed E-state index contributed by atoms with van der Waals surface area (Å²) in [5.74, 6) is -3.26. The molecule has 3 aromatic rings. The number of halogens is 3. The van der Waals surface area contributed by atoms with E-state index in [1.165, 1.54) is 21.7 Å². The SMILES string of the molecule is O=C(NCc1ccc(F)cc1F)c1cn2c(c(OCc3ccccc3)c1=O)C(=O)N1CCCC(F)[C@@H]2C1. The fraction of sp³-hybridized carbons (Fsp3) is 0.296. The Balaban J connectivity index is 1.54. The molecule has 1 fully saturated rings. The van der Waals surface area contributed by atoms with Crippen molar-refractivity contribution in [2.45, 2.75) is 38.2 Å². The Morgan fingerprint density at radius 1 is 1.11 bits per heavy atom. The number of carbonyl (C=O) groups is 2. The number of aromatic nitrogens is 1. The Labute approximate surface area is 210 Å². The third-order valence-corrected chi connectivity index (χ3v) is 6.70. The van der Waals surface area contributed by atoms with Crippen molar-refractivity contribution >= 4 is 11.8 Å². The number of ether oxygens (including phenoxy) is 1. The van der Waals surface area contributed by atoms with Crippen molar-refractivity contribution in [1.82, 2.24) is 14.8 Å². The molecule has 1 N–H and O–H groups in total. The lowest BCUT2D eigenvalue weighted by Crippen LogP contribution is -2.46. The van der Waals surface area contributed by atoms with Gasteiger partial charge in [0, 0.05) is 37.5 Å². The van der Waals surface area contributed by atoms with Crippen molar-refractivity contribution in [2.75, 3.05) is 13.1 Å². The molecule has 1 saturated heterocycles. The molecule has 0 spiro atoms. The first-order chi connectivity index (χ1) is 17.8. The van der Waals surface area contributed by atoms with Crippen LogP contribution in [0.25, 0.3) is 0 Å². The van der Waals surface area contributed by atoms with Crippen molar-refractivity contribution in [3.8, 4) is 5.75 Å². The summed E-state index contributed by atoms with van der Waals surface area (Å²) in [6.07, 6.45) is 0.580. The number of hydrogen-bond acceptors (Lipinski definition) is 4. The molecule has 1 unspecified atom stereocenters. The van der Waals surface area contributed by atoms with Gasteiger partial charge in [0.05, 0.1) is 6.04 Å². The summed E-state index contributed by atoms with van der Waals surface area (Å²) in [6, 6.07) is 11.1. The van der Waals surface area contributed by atoms with Gasteiger partial charge in [0.15, 0.2) is 11.4 Å². The van der Waals surface area contributed by atoms with E-state index >= 15 is 4.39 Å². The number of nitrogens with zero attached hydrogens (tertiary/aromatic N) is 2. The van der Waals surface area contributed by atoms with Crippen LogP contribution >= 0.6 is 0 Å². The van der Waals surface area contributed by atoms with E-state index in [0.29, 0.717) is 19.0 Å². The van der Waals surface area contributed by atoms with E-state index in [0.717, 1.165) is 11.6 Å². The van der Waals surface area contributed by atoms with Crippen LogP contribution < -0.4 is 15.5 Å². The van der Waals surface area contributed by atoms with Crippen LogP contribution in [0.5, 0.6) is 5.75 Å². The molecule has 37 heavy (non-hydrogen) atoms. The summed E-state index contributed by atoms with van der Waals surface area (Å²) in [5, 5.41) is 2.46. The predicted octanol–water partition coefficient (Wildman–Crippen LogP) is 3.76. The highest BCUT2D eigenvalue weighted by molar-refractivity contribution is 5.99. The number of alkyl halides is 1. The number of benzene rings is 2. The van der Waals surface area contributed by atoms with Crippen LogP contribution in [0, 0.1) is 11.6 Å². The Morgan fingerprint density at radius 2 is 1.89 bits per heavy atom. The maximum atomic E-state index is 15.1. The highest BCUT2D eigenvalue weighted by Crippen LogP contribution is 2.34. The van der Waals surface area contributed by atoms with Crippen LogP contribution in [0.3, 0.4) is 0 Å². The molecule has 5 rings (SSSR count). The molecule has 0 saturated carbocycles. The standard InChI is InChI=1S/C27H24F3N3O4/c28-18-9-8-17(21(30)11-18)12-31-26(35)19-13-33-22-14-32(10-4-7-20(22)29)27(36)23(33)25(24(19)34)37-15-16-5-2-1-3-6-16/h1-3,5-6,8-9,11,13,20,22H,4,7,10,12,14-15H2,(H,31,35)/t20?,22-/m0/s1. The number of pyridine rings is 1. The average molecular weight is 512 g/mol. The third-order valence-electron chi connectivity index (χ3n) is 6.70. The van der Waals surface area contributed by atoms with Gasteiger partial charge in [-0.2, -0.15) is 0 Å². The second-order valence-corrected chi connectivity index (χ2v) is 9.13. The van der Waals surface area contributed by atoms with Crippen molar-refractivity contribution in [3.05, 3.63) is 99.0 Å². The highest BCUT2D eigenvalue weighted by atomic mass is 19.1. The number of nitrogens with one attached hydrogen (secondary N) is 1. The Morgan fingerprint density at radius 3 is 2.65 bits per heavy atom. The van der Waals surface area contributed by atoms with Gasteiger partial charge in [-0.15, -0.1) is 0 Å². The number of amides is 2. The number of rotatable bonds is 6. The number of hydrogen-bond donors (Lipinski definition) is 1. The molecule has 2 amide bonds. The van der Waals surface area contributed by atoms with Gasteiger partial charge in [-0.1, -0.05) is 36.4 Å². The first kappa shape index (κ1) is 24.6. The summed E-state index contributed by atoms with van der Waals surface area (Å²) < 4.78 is 49.6. The van der Waals surface area contributed by atoms with E-state index in [2.05, 4.69) is 5.32 Å². The molecular weight excluding hydrogens is 487 g/mol. The largest absolute Gasteiger partial charge is 0.483 e. The molecule has 2 aliphatic heterocycles. The van der Waals surface area contributed by atoms with Gasteiger partial charge in [-0.3, -0.25) is 14.4 Å². The van der Waals surface area contributed by atoms with Crippen LogP contribution in [-0.4, -0.2) is 40.5 Å². The predicted molar refractivity (Wildman–Crippen MR) is 128 cm³/mol. The Hall–Kier alpha value is -4.08. The molecule has 2 aliphatic rings. The molecule has 1 aromatic heterocycles. The van der Waals surface area contributed by atoms with Crippen LogP contribution in [0.2, 0.25) is 0 Å². The minimum atomic E-state index is -1.30. The summed E-state index contributed by atoms with van der Waals surface area (Å²) in [4.78, 5) is 41.4. The zero-order valence-corrected chi connectivity index (χ0v) is 19.8. The smallest absolute Gasteiger partial charge is 0.274 e. The van der Waals surface area contributed by atoms with Gasteiger partial charge in [0.2, 0.25) is 5.43 Å². The molecule has 2 bridgehead atoms. The van der Waals surface area contributed by atoms with Crippen molar-refractivity contribution in [3.63, 3.8) is 0 Å². The minimum absolute atomic E-state index is 0.0202. The maximum absolute atomic E-state index is 15.1. The zero-order chi connectivity index (χ0) is 26.1. The average Bonchev–Trinajstić information content (AvgIpc) is 3.06. The van der Waals surface area contributed by atoms with Gasteiger partial charge in [0.25, 0.3) is 11.8 Å². The summed E-state index contributed by atoms with van der Waals surface area (Å²) in [5.41, 5.74) is -0.545. The van der Waals surface area contributed by atoms with Crippen LogP contribution in [0.4, 0.5) is 13.2 Å². The van der Waals surface area contributed by atoms with Gasteiger partial charge < -0.3 is 19.5 Å². The van der Waals surface area contributed by atoms with Crippen molar-refractivity contribution < 1.29 is 27.5 Å². The quantitative estimate of drug-likeness (QED) is 0.547. The zero-order valence-electron chi connectivity index (χ0n) is 19.8. The topological polar surface area (TPSA) is 80.6 Å². The van der Waals surface area contributed by atoms with Gasteiger partial charge in [0.1, 0.15) is 30.0 Å². The fourth-order valence-corrected chi connectivity index (χ4v) is 4.74. The fourth-order valence-electron chi connectivity index (χ4n) is 4.74. The van der Waals surface area contributed by atoms with Crippen molar-refractivity contribution in [2.24, 2.45) is 0 Å². The number of fused-ring (bicyclic) bond motifs is 4. The normalized spacial score (nSPS) is 18.7. The molecule has 3 heterocycles. The van der Waals surface area contributed by atoms with Crippen molar-refractivity contribution in [1.29, 1.82) is 0 Å². The van der Waals surface area contributed by atoms with E-state index in [-0.39, 0.29) is 48.7 Å². The van der Waals surface area contributed by atoms with Gasteiger partial charge in [-0.05, 0) is 24.5 Å². The van der Waals surface area contributed by atoms with Gasteiger partial charge in [-0.25, -0.2) is 13.2 Å². The summed E-state index contributed by atoms with van der Waals surface area (Å²) >= 11 is 0. The molecule has 10 heteroatoms. The highest BCUT2D eigenvalue weighted by Gasteiger charge is 2.41. The molecule has 7 nitrogen and oxygen atoms in total. The summed E-state index contributed by atoms with van der Waals surface area (Å²) in [7, 11) is 0. The van der Waals surface area contributed by atoms with E-state index in [1.54, 1.807) is 24.3 Å². The van der Waals surface area contributed by atoms with Crippen LogP contribution in [0.1, 0.15) is 50.9 Å². The lowest BCUT2D eigenvalue weighted by atomic mass is 10.0. The molecular formula is C27H24F3N3O4. The summed E-state index contributed by atoms with van der Waals surface area (Å²) in [6.45, 7) is 0.101. The molecule has 192 valence electrons. The maximum Gasteiger partial charge on any atom is 0.274 e. The molecule has 0 radical (unpaired) electrons. The molecule has 2 aromatic carbocycles. The lowest BCUT2D eigenvalue weighted by molar-refractivity contribution is 0.0641. The molecule has 2 atom stereocenters. The Kier molecular flexibility index (Phi) is 6.73. The first-order valence-electron chi connectivity index (χ1n) is 11.9. The molecule has 0 aliphatic carbocycles. The van der Waals surface area contributed by atoms with Crippen LogP contribution in [-0.2, 0) is 13.2 Å². The van der Waals surface area contributed by atoms with E-state index in [9.17, 15) is 23.2 Å². The first-order valence-corrected chi connectivity index (χ1v) is 11.9. The minimum Gasteiger partial charge on any atom is -0.483 e. The lowest BCUT2D eigenvalue weighted by Gasteiger charge is -2.35. The second-order valence-electron chi connectivity index (χ2n) is 9.13. The monoisotopic (exact) mass is 511 g/mol. The van der Waals surface area contributed by atoms with E-state index < -0.39 is 41.1 Å².